The average molecular weight is 494 g/mol. The molecule has 2 heterocycles. The van der Waals surface area contributed by atoms with Crippen LogP contribution in [0.5, 0.6) is 0 Å². The van der Waals surface area contributed by atoms with Crippen LogP contribution in [0.15, 0.2) is 66.7 Å². The lowest BCUT2D eigenvalue weighted by Gasteiger charge is -2.15. The van der Waals surface area contributed by atoms with Crippen LogP contribution in [0.25, 0.3) is 21.5 Å². The van der Waals surface area contributed by atoms with Gasteiger partial charge in [-0.3, -0.25) is 9.59 Å². The molecule has 7 nitrogen and oxygen atoms in total. The van der Waals surface area contributed by atoms with Crippen LogP contribution in [0, 0.1) is 0 Å². The molecule has 0 aliphatic heterocycles. The first-order chi connectivity index (χ1) is 16.3. The molecule has 2 amide bonds. The lowest BCUT2D eigenvalue weighted by Crippen LogP contribution is -2.30. The molecule has 0 radical (unpaired) electrons. The second-order valence-corrected chi connectivity index (χ2v) is 9.19. The predicted octanol–water partition coefficient (Wildman–Crippen LogP) is 5.76. The molecule has 1 atom stereocenters. The Morgan fingerprint density at radius 3 is 2.29 bits per heavy atom. The number of nitrogens with zero attached hydrogens (tertiary/aromatic N) is 1. The van der Waals surface area contributed by atoms with Gasteiger partial charge in [0.25, 0.3) is 5.91 Å². The number of fused-ring (bicyclic) bond motifs is 1. The molecule has 34 heavy (non-hydrogen) atoms. The number of para-hydroxylation sites is 1. The maximum Gasteiger partial charge on any atom is 0.339 e. The summed E-state index contributed by atoms with van der Waals surface area (Å²) in [6, 6.07) is 19.1. The third-order valence-corrected chi connectivity index (χ3v) is 6.14. The number of benzene rings is 2. The third-order valence-electron chi connectivity index (χ3n) is 4.89. The van der Waals surface area contributed by atoms with E-state index in [1.807, 2.05) is 24.3 Å². The van der Waals surface area contributed by atoms with Gasteiger partial charge >= 0.3 is 5.97 Å². The van der Waals surface area contributed by atoms with E-state index in [0.717, 1.165) is 4.88 Å². The zero-order chi connectivity index (χ0) is 24.2. The first-order valence-electron chi connectivity index (χ1n) is 10.3. The fourth-order valence-corrected chi connectivity index (χ4v) is 4.29. The predicted molar refractivity (Wildman–Crippen MR) is 134 cm³/mol. The van der Waals surface area contributed by atoms with E-state index in [0.29, 0.717) is 37.9 Å². The Hall–Kier alpha value is -3.75. The van der Waals surface area contributed by atoms with E-state index in [1.54, 1.807) is 42.5 Å². The van der Waals surface area contributed by atoms with Gasteiger partial charge in [-0.15, -0.1) is 11.3 Å². The summed E-state index contributed by atoms with van der Waals surface area (Å²) in [4.78, 5) is 42.3. The molecular formula is C25H20ClN3O4S. The summed E-state index contributed by atoms with van der Waals surface area (Å²) in [6.45, 7) is 2.92. The number of rotatable bonds is 6. The Morgan fingerprint density at radius 1 is 0.971 bits per heavy atom. The number of esters is 1. The van der Waals surface area contributed by atoms with E-state index in [-0.39, 0.29) is 5.91 Å². The summed E-state index contributed by atoms with van der Waals surface area (Å²) in [6.07, 6.45) is -1.05. The molecule has 0 saturated carbocycles. The minimum Gasteiger partial charge on any atom is -0.449 e. The number of thiophene rings is 1. The van der Waals surface area contributed by atoms with Gasteiger partial charge in [-0.1, -0.05) is 29.8 Å². The number of hydrogen-bond donors (Lipinski definition) is 2. The molecule has 4 rings (SSSR count). The molecule has 0 bridgehead atoms. The van der Waals surface area contributed by atoms with Crippen molar-refractivity contribution in [3.8, 4) is 10.6 Å². The van der Waals surface area contributed by atoms with E-state index in [1.165, 1.54) is 25.2 Å². The molecule has 0 saturated heterocycles. The molecule has 9 heteroatoms. The number of aromatic nitrogens is 1. The minimum atomic E-state index is -1.05. The van der Waals surface area contributed by atoms with E-state index < -0.39 is 18.0 Å². The van der Waals surface area contributed by atoms with E-state index >= 15 is 0 Å². The first-order valence-corrected chi connectivity index (χ1v) is 11.5. The summed E-state index contributed by atoms with van der Waals surface area (Å²) in [5.74, 6) is -1.30. The van der Waals surface area contributed by atoms with Gasteiger partial charge in [0.15, 0.2) is 6.10 Å². The second-order valence-electron chi connectivity index (χ2n) is 7.47. The molecule has 4 aromatic rings. The van der Waals surface area contributed by atoms with Gasteiger partial charge in [0, 0.05) is 23.7 Å². The summed E-state index contributed by atoms with van der Waals surface area (Å²) in [5.41, 5.74) is 2.65. The van der Waals surface area contributed by atoms with Gasteiger partial charge in [0.05, 0.1) is 26.0 Å². The highest BCUT2D eigenvalue weighted by Crippen LogP contribution is 2.32. The van der Waals surface area contributed by atoms with Gasteiger partial charge in [0.2, 0.25) is 5.91 Å². The standard InChI is InChI=1S/C25H20ClN3O4S/c1-14(24(31)28-17-9-7-16(8-10-17)27-15(2)30)33-25(32)19-13-21(22-11-12-23(26)34-22)29-20-6-4-3-5-18(19)20/h3-14H,1-2H3,(H,27,30)(H,28,31). The highest BCUT2D eigenvalue weighted by atomic mass is 35.5. The number of halogens is 1. The van der Waals surface area contributed by atoms with Crippen LogP contribution in [-0.4, -0.2) is 28.9 Å². The summed E-state index contributed by atoms with van der Waals surface area (Å²) < 4.78 is 6.11. The van der Waals surface area contributed by atoms with Gasteiger partial charge in [-0.05, 0) is 55.5 Å². The average Bonchev–Trinajstić information content (AvgIpc) is 3.25. The number of pyridine rings is 1. The number of anilines is 2. The molecule has 2 aromatic carbocycles. The number of hydrogen-bond acceptors (Lipinski definition) is 6. The monoisotopic (exact) mass is 493 g/mol. The molecule has 0 fully saturated rings. The Balaban J connectivity index is 1.52. The fraction of sp³-hybridized carbons (Fsp3) is 0.120. The molecule has 1 unspecified atom stereocenters. The zero-order valence-electron chi connectivity index (χ0n) is 18.3. The fourth-order valence-electron chi connectivity index (χ4n) is 3.28. The second kappa shape index (κ2) is 10.0. The van der Waals surface area contributed by atoms with Crippen molar-refractivity contribution in [1.82, 2.24) is 4.98 Å². The van der Waals surface area contributed by atoms with Crippen LogP contribution >= 0.6 is 22.9 Å². The van der Waals surface area contributed by atoms with Crippen molar-refractivity contribution in [2.24, 2.45) is 0 Å². The Labute approximate surface area is 204 Å². The molecule has 172 valence electrons. The highest BCUT2D eigenvalue weighted by molar-refractivity contribution is 7.19. The van der Waals surface area contributed by atoms with Gasteiger partial charge in [-0.25, -0.2) is 9.78 Å². The summed E-state index contributed by atoms with van der Waals surface area (Å²) in [5, 5.41) is 5.98. The van der Waals surface area contributed by atoms with E-state index in [4.69, 9.17) is 16.3 Å². The summed E-state index contributed by atoms with van der Waals surface area (Å²) >= 11 is 7.43. The largest absolute Gasteiger partial charge is 0.449 e. The van der Waals surface area contributed by atoms with Crippen LogP contribution < -0.4 is 10.6 Å². The SMILES string of the molecule is CC(=O)Nc1ccc(NC(=O)C(C)OC(=O)c2cc(-c3ccc(Cl)s3)nc3ccccc23)cc1. The van der Waals surface area contributed by atoms with Crippen molar-refractivity contribution in [3.05, 3.63) is 76.6 Å². The number of carbonyl (C=O) groups is 3. The van der Waals surface area contributed by atoms with Crippen LogP contribution in [0.3, 0.4) is 0 Å². The molecule has 2 N–H and O–H groups in total. The Bertz CT molecular complexity index is 1380. The van der Waals surface area contributed by atoms with Gasteiger partial charge in [-0.2, -0.15) is 0 Å². The molecular weight excluding hydrogens is 474 g/mol. The van der Waals surface area contributed by atoms with Crippen LogP contribution in [-0.2, 0) is 14.3 Å². The summed E-state index contributed by atoms with van der Waals surface area (Å²) in [7, 11) is 0. The van der Waals surface area contributed by atoms with Crippen LogP contribution in [0.1, 0.15) is 24.2 Å². The Kier molecular flexibility index (Phi) is 6.90. The molecule has 0 spiro atoms. The Morgan fingerprint density at radius 2 is 1.65 bits per heavy atom. The van der Waals surface area contributed by atoms with Crippen molar-refractivity contribution in [1.29, 1.82) is 0 Å². The molecule has 0 aliphatic carbocycles. The molecule has 2 aromatic heterocycles. The lowest BCUT2D eigenvalue weighted by atomic mass is 10.1. The van der Waals surface area contributed by atoms with Crippen molar-refractivity contribution in [3.63, 3.8) is 0 Å². The highest BCUT2D eigenvalue weighted by Gasteiger charge is 2.22. The van der Waals surface area contributed by atoms with Crippen LogP contribution in [0.4, 0.5) is 11.4 Å². The maximum absolute atomic E-state index is 13.1. The quantitative estimate of drug-likeness (QED) is 0.333. The first kappa shape index (κ1) is 23.4. The zero-order valence-corrected chi connectivity index (χ0v) is 19.9. The number of carbonyl (C=O) groups excluding carboxylic acids is 3. The topological polar surface area (TPSA) is 97.4 Å². The van der Waals surface area contributed by atoms with Crippen molar-refractivity contribution < 1.29 is 19.1 Å². The van der Waals surface area contributed by atoms with E-state index in [2.05, 4.69) is 15.6 Å². The number of amides is 2. The van der Waals surface area contributed by atoms with Gasteiger partial charge in [0.1, 0.15) is 0 Å². The third kappa shape index (κ3) is 5.41. The van der Waals surface area contributed by atoms with Crippen molar-refractivity contribution >= 4 is 63.0 Å². The van der Waals surface area contributed by atoms with E-state index in [9.17, 15) is 14.4 Å². The van der Waals surface area contributed by atoms with Crippen molar-refractivity contribution in [2.75, 3.05) is 10.6 Å². The minimum absolute atomic E-state index is 0.189. The van der Waals surface area contributed by atoms with Crippen molar-refractivity contribution in [2.45, 2.75) is 20.0 Å². The lowest BCUT2D eigenvalue weighted by molar-refractivity contribution is -0.123. The smallest absolute Gasteiger partial charge is 0.339 e. The maximum atomic E-state index is 13.1. The normalized spacial score (nSPS) is 11.6. The van der Waals surface area contributed by atoms with Gasteiger partial charge < -0.3 is 15.4 Å². The molecule has 0 aliphatic rings. The number of ether oxygens (including phenoxy) is 1. The number of nitrogens with one attached hydrogen (secondary N) is 2. The van der Waals surface area contributed by atoms with Crippen LogP contribution in [0.2, 0.25) is 4.34 Å².